The molecule has 0 bridgehead atoms. The lowest BCUT2D eigenvalue weighted by Crippen LogP contribution is -2.13. The highest BCUT2D eigenvalue weighted by molar-refractivity contribution is 5.97. The minimum absolute atomic E-state index is 0.231. The maximum atomic E-state index is 13.1. The highest BCUT2D eigenvalue weighted by Gasteiger charge is 2.08. The number of benzene rings is 2. The summed E-state index contributed by atoms with van der Waals surface area (Å²) in [5.41, 5.74) is 6.56. The van der Waals surface area contributed by atoms with E-state index in [2.05, 4.69) is 0 Å². The molecule has 4 nitrogen and oxygen atoms in total. The summed E-state index contributed by atoms with van der Waals surface area (Å²) in [6.45, 7) is 0.281. The molecule has 0 amide bonds. The monoisotopic (exact) mass is 274 g/mol. The third-order valence-corrected chi connectivity index (χ3v) is 2.76. The predicted molar refractivity (Wildman–Crippen MR) is 74.7 cm³/mol. The molecule has 3 N–H and O–H groups in total. The third-order valence-electron chi connectivity index (χ3n) is 2.76. The van der Waals surface area contributed by atoms with Crippen molar-refractivity contribution in [3.05, 3.63) is 59.4 Å². The van der Waals surface area contributed by atoms with Crippen molar-refractivity contribution in [2.45, 2.75) is 6.61 Å². The molecule has 2 aromatic carbocycles. The Bertz CT molecular complexity index is 629. The molecule has 20 heavy (non-hydrogen) atoms. The van der Waals surface area contributed by atoms with Crippen LogP contribution in [0.25, 0.3) is 0 Å². The molecule has 0 fully saturated rings. The lowest BCUT2D eigenvalue weighted by atomic mass is 10.1. The summed E-state index contributed by atoms with van der Waals surface area (Å²) in [6.07, 6.45) is 0. The second kappa shape index (κ2) is 6.06. The third kappa shape index (κ3) is 3.26. The number of amidine groups is 1. The second-order valence-electron chi connectivity index (χ2n) is 4.19. The fourth-order valence-corrected chi connectivity index (χ4v) is 1.76. The SMILES string of the molecule is COc1cccc(COc2ccc(F)cc2C(=N)N)c1. The summed E-state index contributed by atoms with van der Waals surface area (Å²) in [4.78, 5) is 0. The van der Waals surface area contributed by atoms with E-state index in [1.54, 1.807) is 7.11 Å². The fourth-order valence-electron chi connectivity index (χ4n) is 1.76. The average Bonchev–Trinajstić information content (AvgIpc) is 2.46. The van der Waals surface area contributed by atoms with Gasteiger partial charge >= 0.3 is 0 Å². The van der Waals surface area contributed by atoms with E-state index in [4.69, 9.17) is 20.6 Å². The van der Waals surface area contributed by atoms with E-state index in [0.717, 1.165) is 11.3 Å². The summed E-state index contributed by atoms with van der Waals surface area (Å²) < 4.78 is 23.9. The normalized spacial score (nSPS) is 10.1. The van der Waals surface area contributed by atoms with Crippen LogP contribution in [0, 0.1) is 11.2 Å². The van der Waals surface area contributed by atoms with Gasteiger partial charge in [-0.1, -0.05) is 12.1 Å². The molecular formula is C15H15FN2O2. The molecule has 0 radical (unpaired) electrons. The topological polar surface area (TPSA) is 68.3 Å². The van der Waals surface area contributed by atoms with Crippen LogP contribution in [0.2, 0.25) is 0 Å². The van der Waals surface area contributed by atoms with Crippen LogP contribution < -0.4 is 15.2 Å². The lowest BCUT2D eigenvalue weighted by Gasteiger charge is -2.11. The van der Waals surface area contributed by atoms with Gasteiger partial charge in [0.05, 0.1) is 12.7 Å². The first-order chi connectivity index (χ1) is 9.60. The van der Waals surface area contributed by atoms with Crippen molar-refractivity contribution < 1.29 is 13.9 Å². The zero-order valence-corrected chi connectivity index (χ0v) is 11.0. The van der Waals surface area contributed by atoms with Crippen molar-refractivity contribution >= 4 is 5.84 Å². The quantitative estimate of drug-likeness (QED) is 0.650. The Hall–Kier alpha value is -2.56. The van der Waals surface area contributed by atoms with Gasteiger partial charge < -0.3 is 15.2 Å². The Morgan fingerprint density at radius 2 is 2.05 bits per heavy atom. The van der Waals surface area contributed by atoms with Crippen LogP contribution in [-0.4, -0.2) is 12.9 Å². The number of methoxy groups -OCH3 is 1. The van der Waals surface area contributed by atoms with Crippen LogP contribution in [0.5, 0.6) is 11.5 Å². The fraction of sp³-hybridized carbons (Fsp3) is 0.133. The molecule has 0 saturated carbocycles. The Morgan fingerprint density at radius 3 is 2.75 bits per heavy atom. The molecule has 0 heterocycles. The number of halogens is 1. The van der Waals surface area contributed by atoms with E-state index >= 15 is 0 Å². The van der Waals surface area contributed by atoms with E-state index in [9.17, 15) is 4.39 Å². The first-order valence-corrected chi connectivity index (χ1v) is 6.00. The molecule has 0 saturated heterocycles. The van der Waals surface area contributed by atoms with Crippen LogP contribution in [0.15, 0.2) is 42.5 Å². The first kappa shape index (κ1) is 13.9. The van der Waals surface area contributed by atoms with Gasteiger partial charge in [0.15, 0.2) is 0 Å². The van der Waals surface area contributed by atoms with Gasteiger partial charge in [-0.3, -0.25) is 5.41 Å². The standard InChI is InChI=1S/C15H15FN2O2/c1-19-12-4-2-3-10(7-12)9-20-14-6-5-11(16)8-13(14)15(17)18/h2-8H,9H2,1H3,(H3,17,18). The zero-order valence-electron chi connectivity index (χ0n) is 11.0. The number of hydrogen-bond acceptors (Lipinski definition) is 3. The smallest absolute Gasteiger partial charge is 0.130 e. The molecule has 0 atom stereocenters. The lowest BCUT2D eigenvalue weighted by molar-refractivity contribution is 0.304. The number of ether oxygens (including phenoxy) is 2. The van der Waals surface area contributed by atoms with Gasteiger partial charge in [-0.05, 0) is 35.9 Å². The Morgan fingerprint density at radius 1 is 1.25 bits per heavy atom. The maximum Gasteiger partial charge on any atom is 0.130 e. The van der Waals surface area contributed by atoms with E-state index in [1.807, 2.05) is 24.3 Å². The van der Waals surface area contributed by atoms with Crippen molar-refractivity contribution in [3.8, 4) is 11.5 Å². The van der Waals surface area contributed by atoms with Crippen LogP contribution >= 0.6 is 0 Å². The molecule has 0 aromatic heterocycles. The summed E-state index contributed by atoms with van der Waals surface area (Å²) in [5.74, 6) is 0.424. The molecule has 0 aliphatic carbocycles. The second-order valence-corrected chi connectivity index (χ2v) is 4.19. The molecule has 2 aromatic rings. The summed E-state index contributed by atoms with van der Waals surface area (Å²) in [7, 11) is 1.59. The number of nitrogens with one attached hydrogen (secondary N) is 1. The zero-order chi connectivity index (χ0) is 14.5. The van der Waals surface area contributed by atoms with Crippen LogP contribution in [-0.2, 0) is 6.61 Å². The van der Waals surface area contributed by atoms with E-state index < -0.39 is 5.82 Å². The highest BCUT2D eigenvalue weighted by Crippen LogP contribution is 2.21. The molecular weight excluding hydrogens is 259 g/mol. The maximum absolute atomic E-state index is 13.1. The van der Waals surface area contributed by atoms with Crippen LogP contribution in [0.4, 0.5) is 4.39 Å². The van der Waals surface area contributed by atoms with Gasteiger partial charge in [-0.15, -0.1) is 0 Å². The average molecular weight is 274 g/mol. The van der Waals surface area contributed by atoms with Crippen molar-refractivity contribution in [1.29, 1.82) is 5.41 Å². The molecule has 5 heteroatoms. The van der Waals surface area contributed by atoms with Crippen molar-refractivity contribution in [1.82, 2.24) is 0 Å². The number of nitrogen functional groups attached to an aromatic ring is 1. The molecule has 0 unspecified atom stereocenters. The Labute approximate surface area is 116 Å². The molecule has 104 valence electrons. The Balaban J connectivity index is 2.16. The van der Waals surface area contributed by atoms with Crippen LogP contribution in [0.3, 0.4) is 0 Å². The summed E-state index contributed by atoms with van der Waals surface area (Å²) in [5, 5.41) is 7.43. The van der Waals surface area contributed by atoms with Gasteiger partial charge in [0.1, 0.15) is 29.8 Å². The van der Waals surface area contributed by atoms with Crippen LogP contribution in [0.1, 0.15) is 11.1 Å². The largest absolute Gasteiger partial charge is 0.497 e. The van der Waals surface area contributed by atoms with Crippen molar-refractivity contribution in [3.63, 3.8) is 0 Å². The summed E-state index contributed by atoms with van der Waals surface area (Å²) in [6, 6.07) is 11.3. The van der Waals surface area contributed by atoms with Crippen molar-refractivity contribution in [2.24, 2.45) is 5.73 Å². The van der Waals surface area contributed by atoms with Crippen molar-refractivity contribution in [2.75, 3.05) is 7.11 Å². The minimum Gasteiger partial charge on any atom is -0.497 e. The minimum atomic E-state index is -0.455. The first-order valence-electron chi connectivity index (χ1n) is 6.00. The predicted octanol–water partition coefficient (Wildman–Crippen LogP) is 2.70. The number of hydrogen-bond donors (Lipinski definition) is 2. The van der Waals surface area contributed by atoms with E-state index in [0.29, 0.717) is 5.75 Å². The number of nitrogens with two attached hydrogens (primary N) is 1. The van der Waals surface area contributed by atoms with Gasteiger partial charge in [0, 0.05) is 0 Å². The number of rotatable bonds is 5. The van der Waals surface area contributed by atoms with E-state index in [1.165, 1.54) is 18.2 Å². The highest BCUT2D eigenvalue weighted by atomic mass is 19.1. The van der Waals surface area contributed by atoms with E-state index in [-0.39, 0.29) is 18.0 Å². The van der Waals surface area contributed by atoms with Gasteiger partial charge in [0.2, 0.25) is 0 Å². The molecule has 0 aliphatic heterocycles. The molecule has 0 aliphatic rings. The van der Waals surface area contributed by atoms with Gasteiger partial charge in [-0.25, -0.2) is 4.39 Å². The Kier molecular flexibility index (Phi) is 4.20. The van der Waals surface area contributed by atoms with Gasteiger partial charge in [0.25, 0.3) is 0 Å². The summed E-state index contributed by atoms with van der Waals surface area (Å²) >= 11 is 0. The van der Waals surface area contributed by atoms with Gasteiger partial charge in [-0.2, -0.15) is 0 Å². The molecule has 2 rings (SSSR count). The molecule has 0 spiro atoms.